The third kappa shape index (κ3) is 3.70. The number of hydrogen-bond donors (Lipinski definition) is 2. The Balaban J connectivity index is 1.54. The molecule has 1 aromatic carbocycles. The lowest BCUT2D eigenvalue weighted by atomic mass is 9.76. The zero-order valence-corrected chi connectivity index (χ0v) is 17.3. The Labute approximate surface area is 170 Å². The van der Waals surface area contributed by atoms with E-state index in [2.05, 4.69) is 17.3 Å². The molecular weight excluding hydrogens is 370 g/mol. The number of fused-ring (bicyclic) bond motifs is 1. The van der Waals surface area contributed by atoms with Gasteiger partial charge in [0.25, 0.3) is 11.5 Å². The van der Waals surface area contributed by atoms with Gasteiger partial charge >= 0.3 is 0 Å². The summed E-state index contributed by atoms with van der Waals surface area (Å²) in [5, 5.41) is 14.8. The van der Waals surface area contributed by atoms with Gasteiger partial charge in [0.1, 0.15) is 5.56 Å². The number of nitrogens with zero attached hydrogens (tertiary/aromatic N) is 2. The summed E-state index contributed by atoms with van der Waals surface area (Å²) in [6, 6.07) is 8.49. The maximum absolute atomic E-state index is 12.9. The maximum atomic E-state index is 12.9. The van der Waals surface area contributed by atoms with Gasteiger partial charge in [0.15, 0.2) is 0 Å². The standard InChI is InChI=1S/C22H29N3O4/c1-21(28)14-22(8-10-24(2)11-9-22)29-13-18(21)23-19(26)16-12-15-6-4-5-7-17(15)25(3)20(16)27/h4-7,12,18,28H,8-11,13-14H2,1-3H3,(H,23,26)/t18-,21-/m0/s1. The van der Waals surface area contributed by atoms with Crippen molar-refractivity contribution in [3.8, 4) is 0 Å². The average molecular weight is 399 g/mol. The van der Waals surface area contributed by atoms with Crippen LogP contribution in [0.4, 0.5) is 0 Å². The Hall–Kier alpha value is -2.22. The number of piperidine rings is 1. The molecule has 1 aromatic heterocycles. The van der Waals surface area contributed by atoms with E-state index in [0.717, 1.165) is 36.8 Å². The molecule has 2 N–H and O–H groups in total. The number of para-hydroxylation sites is 1. The summed E-state index contributed by atoms with van der Waals surface area (Å²) in [4.78, 5) is 27.9. The molecule has 0 saturated carbocycles. The Bertz CT molecular complexity index is 989. The van der Waals surface area contributed by atoms with Gasteiger partial charge in [-0.1, -0.05) is 18.2 Å². The number of ether oxygens (including phenoxy) is 1. The average Bonchev–Trinajstić information content (AvgIpc) is 2.69. The van der Waals surface area contributed by atoms with Gasteiger partial charge < -0.3 is 24.6 Å². The molecule has 7 nitrogen and oxygen atoms in total. The van der Waals surface area contributed by atoms with Crippen LogP contribution in [0, 0.1) is 0 Å². The zero-order valence-electron chi connectivity index (χ0n) is 17.3. The van der Waals surface area contributed by atoms with Crippen LogP contribution in [-0.2, 0) is 11.8 Å². The van der Waals surface area contributed by atoms with E-state index in [0.29, 0.717) is 6.42 Å². The molecule has 2 aliphatic heterocycles. The Morgan fingerprint density at radius 2 is 1.93 bits per heavy atom. The van der Waals surface area contributed by atoms with E-state index in [-0.39, 0.29) is 23.3 Å². The number of nitrogens with one attached hydrogen (secondary N) is 1. The van der Waals surface area contributed by atoms with Gasteiger partial charge in [-0.2, -0.15) is 0 Å². The number of carbonyl (C=O) groups is 1. The van der Waals surface area contributed by atoms with Crippen molar-refractivity contribution < 1.29 is 14.6 Å². The molecule has 0 unspecified atom stereocenters. The third-order valence-electron chi connectivity index (χ3n) is 6.57. The minimum atomic E-state index is -1.11. The highest BCUT2D eigenvalue weighted by Crippen LogP contribution is 2.39. The number of likely N-dealkylation sites (tertiary alicyclic amines) is 1. The van der Waals surface area contributed by atoms with E-state index in [9.17, 15) is 14.7 Å². The monoisotopic (exact) mass is 399 g/mol. The van der Waals surface area contributed by atoms with Gasteiger partial charge in [-0.25, -0.2) is 0 Å². The largest absolute Gasteiger partial charge is 0.388 e. The van der Waals surface area contributed by atoms with Crippen molar-refractivity contribution in [2.24, 2.45) is 7.05 Å². The normalized spacial score (nSPS) is 27.2. The van der Waals surface area contributed by atoms with Crippen LogP contribution in [0.15, 0.2) is 35.1 Å². The van der Waals surface area contributed by atoms with E-state index < -0.39 is 17.6 Å². The van der Waals surface area contributed by atoms with E-state index in [1.165, 1.54) is 4.57 Å². The topological polar surface area (TPSA) is 83.8 Å². The summed E-state index contributed by atoms with van der Waals surface area (Å²) in [6.45, 7) is 3.84. The molecule has 2 saturated heterocycles. The van der Waals surface area contributed by atoms with Crippen molar-refractivity contribution in [2.45, 2.75) is 43.4 Å². The quantitative estimate of drug-likeness (QED) is 0.795. The third-order valence-corrected chi connectivity index (χ3v) is 6.57. The molecule has 29 heavy (non-hydrogen) atoms. The lowest BCUT2D eigenvalue weighted by Gasteiger charge is -2.50. The van der Waals surface area contributed by atoms with Crippen molar-refractivity contribution >= 4 is 16.8 Å². The highest BCUT2D eigenvalue weighted by Gasteiger charge is 2.49. The van der Waals surface area contributed by atoms with Crippen LogP contribution in [0.3, 0.4) is 0 Å². The number of aromatic nitrogens is 1. The highest BCUT2D eigenvalue weighted by molar-refractivity contribution is 5.97. The van der Waals surface area contributed by atoms with E-state index in [4.69, 9.17) is 4.74 Å². The van der Waals surface area contributed by atoms with Gasteiger partial charge in [0.05, 0.1) is 29.4 Å². The van der Waals surface area contributed by atoms with Crippen LogP contribution >= 0.6 is 0 Å². The van der Waals surface area contributed by atoms with Gasteiger partial charge in [-0.05, 0) is 44.3 Å². The van der Waals surface area contributed by atoms with Crippen molar-refractivity contribution in [3.63, 3.8) is 0 Å². The summed E-state index contributed by atoms with van der Waals surface area (Å²) in [6.07, 6.45) is 2.20. The van der Waals surface area contributed by atoms with Crippen LogP contribution in [0.1, 0.15) is 36.5 Å². The Morgan fingerprint density at radius 1 is 1.24 bits per heavy atom. The second-order valence-corrected chi connectivity index (χ2v) is 8.84. The molecule has 4 rings (SSSR count). The molecular formula is C22H29N3O4. The number of aliphatic hydroxyl groups is 1. The van der Waals surface area contributed by atoms with Gasteiger partial charge in [0, 0.05) is 26.6 Å². The second-order valence-electron chi connectivity index (χ2n) is 8.84. The number of rotatable bonds is 2. The fourth-order valence-corrected chi connectivity index (χ4v) is 4.63. The first-order chi connectivity index (χ1) is 13.7. The van der Waals surface area contributed by atoms with Crippen LogP contribution in [-0.4, -0.2) is 64.5 Å². The number of hydrogen-bond acceptors (Lipinski definition) is 5. The molecule has 1 amide bonds. The first kappa shape index (κ1) is 20.1. The summed E-state index contributed by atoms with van der Waals surface area (Å²) in [7, 11) is 3.74. The van der Waals surface area contributed by atoms with E-state index >= 15 is 0 Å². The second kappa shape index (κ2) is 7.23. The van der Waals surface area contributed by atoms with Crippen molar-refractivity contribution in [2.75, 3.05) is 26.7 Å². The van der Waals surface area contributed by atoms with E-state index in [1.807, 2.05) is 24.3 Å². The van der Waals surface area contributed by atoms with Crippen molar-refractivity contribution in [3.05, 3.63) is 46.2 Å². The SMILES string of the molecule is CN1CCC2(CC1)C[C@](C)(O)[C@@H](NC(=O)c1cc3ccccc3n(C)c1=O)CO2. The zero-order chi connectivity index (χ0) is 20.8. The van der Waals surface area contributed by atoms with Gasteiger partial charge in [-0.15, -0.1) is 0 Å². The number of pyridine rings is 1. The predicted octanol–water partition coefficient (Wildman–Crippen LogP) is 1.27. The first-order valence-electron chi connectivity index (χ1n) is 10.2. The minimum Gasteiger partial charge on any atom is -0.388 e. The highest BCUT2D eigenvalue weighted by atomic mass is 16.5. The molecule has 0 aliphatic carbocycles. The molecule has 0 radical (unpaired) electrons. The Kier molecular flexibility index (Phi) is 5.01. The van der Waals surface area contributed by atoms with Crippen LogP contribution < -0.4 is 10.9 Å². The summed E-state index contributed by atoms with van der Waals surface area (Å²) < 4.78 is 7.66. The number of amides is 1. The molecule has 156 valence electrons. The van der Waals surface area contributed by atoms with Crippen LogP contribution in [0.2, 0.25) is 0 Å². The molecule has 3 heterocycles. The van der Waals surface area contributed by atoms with Crippen molar-refractivity contribution in [1.82, 2.24) is 14.8 Å². The summed E-state index contributed by atoms with van der Waals surface area (Å²) >= 11 is 0. The van der Waals surface area contributed by atoms with Crippen LogP contribution in [0.5, 0.6) is 0 Å². The number of benzene rings is 1. The smallest absolute Gasteiger partial charge is 0.263 e. The minimum absolute atomic E-state index is 0.0709. The molecule has 2 aliphatic rings. The van der Waals surface area contributed by atoms with E-state index in [1.54, 1.807) is 20.0 Å². The van der Waals surface area contributed by atoms with Crippen molar-refractivity contribution in [1.29, 1.82) is 0 Å². The number of carbonyl (C=O) groups excluding carboxylic acids is 1. The fraction of sp³-hybridized carbons (Fsp3) is 0.545. The lowest BCUT2D eigenvalue weighted by molar-refractivity contribution is -0.185. The molecule has 7 heteroatoms. The van der Waals surface area contributed by atoms with Gasteiger partial charge in [-0.3, -0.25) is 9.59 Å². The Morgan fingerprint density at radius 3 is 2.62 bits per heavy atom. The molecule has 0 bridgehead atoms. The molecule has 2 fully saturated rings. The summed E-state index contributed by atoms with van der Waals surface area (Å²) in [5.74, 6) is -0.482. The molecule has 2 atom stereocenters. The van der Waals surface area contributed by atoms with Gasteiger partial charge in [0.2, 0.25) is 0 Å². The lowest BCUT2D eigenvalue weighted by Crippen LogP contribution is -2.64. The fourth-order valence-electron chi connectivity index (χ4n) is 4.63. The maximum Gasteiger partial charge on any atom is 0.263 e. The predicted molar refractivity (Wildman–Crippen MR) is 111 cm³/mol. The number of aryl methyl sites for hydroxylation is 1. The first-order valence-corrected chi connectivity index (χ1v) is 10.2. The molecule has 2 aromatic rings. The van der Waals surface area contributed by atoms with Crippen LogP contribution in [0.25, 0.3) is 10.9 Å². The summed E-state index contributed by atoms with van der Waals surface area (Å²) in [5.41, 5.74) is -0.959. The molecule has 1 spiro atoms.